The fourth-order valence-corrected chi connectivity index (χ4v) is 1.76. The van der Waals surface area contributed by atoms with Crippen molar-refractivity contribution in [3.8, 4) is 0 Å². The van der Waals surface area contributed by atoms with E-state index < -0.39 is 10.8 Å². The lowest BCUT2D eigenvalue weighted by Crippen LogP contribution is -2.15. The fourth-order valence-electron chi connectivity index (χ4n) is 1.76. The average Bonchev–Trinajstić information content (AvgIpc) is 2.48. The number of pyridine rings is 1. The van der Waals surface area contributed by atoms with E-state index in [0.29, 0.717) is 11.5 Å². The minimum Gasteiger partial charge on any atom is -0.388 e. The van der Waals surface area contributed by atoms with Crippen LogP contribution in [-0.4, -0.2) is 22.9 Å². The molecule has 0 saturated heterocycles. The SMILES string of the molecule is CNc1ccc([N+](=O)[O-])c(C(=O)Nc2ccc(C)cn2)c1. The van der Waals surface area contributed by atoms with E-state index in [1.807, 2.05) is 6.92 Å². The number of rotatable bonds is 4. The number of amides is 1. The second kappa shape index (κ2) is 6.00. The predicted octanol–water partition coefficient (Wildman–Crippen LogP) is 2.59. The van der Waals surface area contributed by atoms with Gasteiger partial charge in [-0.3, -0.25) is 14.9 Å². The number of hydrogen-bond donors (Lipinski definition) is 2. The molecule has 1 heterocycles. The van der Waals surface area contributed by atoms with Gasteiger partial charge in [-0.2, -0.15) is 0 Å². The normalized spacial score (nSPS) is 10.0. The zero-order chi connectivity index (χ0) is 15.4. The zero-order valence-electron chi connectivity index (χ0n) is 11.6. The summed E-state index contributed by atoms with van der Waals surface area (Å²) in [6.45, 7) is 1.87. The number of carbonyl (C=O) groups excluding carboxylic acids is 1. The van der Waals surface area contributed by atoms with E-state index in [4.69, 9.17) is 0 Å². The van der Waals surface area contributed by atoms with Crippen LogP contribution in [0.3, 0.4) is 0 Å². The van der Waals surface area contributed by atoms with Crippen LogP contribution in [0.5, 0.6) is 0 Å². The van der Waals surface area contributed by atoms with Crippen molar-refractivity contribution in [3.63, 3.8) is 0 Å². The molecule has 2 N–H and O–H groups in total. The van der Waals surface area contributed by atoms with Crippen molar-refractivity contribution in [2.75, 3.05) is 17.7 Å². The molecule has 2 rings (SSSR count). The molecule has 0 bridgehead atoms. The van der Waals surface area contributed by atoms with Crippen molar-refractivity contribution in [2.45, 2.75) is 6.92 Å². The minimum atomic E-state index is -0.586. The molecule has 0 radical (unpaired) electrons. The third-order valence-electron chi connectivity index (χ3n) is 2.88. The molecule has 2 aromatic rings. The van der Waals surface area contributed by atoms with Crippen molar-refractivity contribution in [1.82, 2.24) is 4.98 Å². The summed E-state index contributed by atoms with van der Waals surface area (Å²) in [4.78, 5) is 26.7. The van der Waals surface area contributed by atoms with Gasteiger partial charge in [0.15, 0.2) is 0 Å². The molecule has 108 valence electrons. The number of hydrogen-bond acceptors (Lipinski definition) is 5. The Hall–Kier alpha value is -2.96. The molecule has 0 saturated carbocycles. The molecular weight excluding hydrogens is 272 g/mol. The van der Waals surface area contributed by atoms with Gasteiger partial charge >= 0.3 is 0 Å². The van der Waals surface area contributed by atoms with Crippen molar-refractivity contribution < 1.29 is 9.72 Å². The Labute approximate surface area is 121 Å². The molecule has 1 amide bonds. The zero-order valence-corrected chi connectivity index (χ0v) is 11.6. The van der Waals surface area contributed by atoms with Crippen LogP contribution in [-0.2, 0) is 0 Å². The van der Waals surface area contributed by atoms with Crippen LogP contribution in [0.2, 0.25) is 0 Å². The highest BCUT2D eigenvalue weighted by Gasteiger charge is 2.20. The summed E-state index contributed by atoms with van der Waals surface area (Å²) in [5.41, 5.74) is 1.30. The monoisotopic (exact) mass is 286 g/mol. The molecule has 7 heteroatoms. The van der Waals surface area contributed by atoms with E-state index in [1.165, 1.54) is 12.1 Å². The second-order valence-corrected chi connectivity index (χ2v) is 4.41. The van der Waals surface area contributed by atoms with Gasteiger partial charge in [-0.25, -0.2) is 4.98 Å². The Bertz CT molecular complexity index is 683. The number of benzene rings is 1. The van der Waals surface area contributed by atoms with Crippen molar-refractivity contribution in [3.05, 3.63) is 57.8 Å². The van der Waals surface area contributed by atoms with Gasteiger partial charge in [-0.15, -0.1) is 0 Å². The highest BCUT2D eigenvalue weighted by Crippen LogP contribution is 2.23. The van der Waals surface area contributed by atoms with Gasteiger partial charge in [-0.05, 0) is 30.7 Å². The Morgan fingerprint density at radius 3 is 2.62 bits per heavy atom. The smallest absolute Gasteiger partial charge is 0.282 e. The first-order valence-electron chi connectivity index (χ1n) is 6.21. The summed E-state index contributed by atoms with van der Waals surface area (Å²) in [5.74, 6) is -0.232. The summed E-state index contributed by atoms with van der Waals surface area (Å²) in [6.07, 6.45) is 1.61. The van der Waals surface area contributed by atoms with Gasteiger partial charge in [0.25, 0.3) is 11.6 Å². The molecule has 21 heavy (non-hydrogen) atoms. The third kappa shape index (κ3) is 3.33. The fraction of sp³-hybridized carbons (Fsp3) is 0.143. The quantitative estimate of drug-likeness (QED) is 0.665. The van der Waals surface area contributed by atoms with Crippen molar-refractivity contribution in [1.29, 1.82) is 0 Å². The van der Waals surface area contributed by atoms with Gasteiger partial charge < -0.3 is 10.6 Å². The molecule has 1 aromatic heterocycles. The first-order valence-corrected chi connectivity index (χ1v) is 6.21. The van der Waals surface area contributed by atoms with E-state index >= 15 is 0 Å². The Morgan fingerprint density at radius 1 is 1.29 bits per heavy atom. The number of nitro benzene ring substituents is 1. The van der Waals surface area contributed by atoms with Crippen LogP contribution in [0, 0.1) is 17.0 Å². The summed E-state index contributed by atoms with van der Waals surface area (Å²) < 4.78 is 0. The topological polar surface area (TPSA) is 97.2 Å². The van der Waals surface area contributed by atoms with Crippen LogP contribution in [0.15, 0.2) is 36.5 Å². The number of aromatic nitrogens is 1. The van der Waals surface area contributed by atoms with Gasteiger partial charge in [0.05, 0.1) is 4.92 Å². The Morgan fingerprint density at radius 2 is 2.05 bits per heavy atom. The number of anilines is 2. The lowest BCUT2D eigenvalue weighted by Gasteiger charge is -2.07. The number of nitrogens with one attached hydrogen (secondary N) is 2. The van der Waals surface area contributed by atoms with Crippen LogP contribution >= 0.6 is 0 Å². The van der Waals surface area contributed by atoms with E-state index in [1.54, 1.807) is 31.4 Å². The minimum absolute atomic E-state index is 0.0192. The lowest BCUT2D eigenvalue weighted by molar-refractivity contribution is -0.385. The van der Waals surface area contributed by atoms with Gasteiger partial charge in [-0.1, -0.05) is 6.07 Å². The summed E-state index contributed by atoms with van der Waals surface area (Å²) in [6, 6.07) is 7.70. The van der Waals surface area contributed by atoms with Crippen molar-refractivity contribution in [2.24, 2.45) is 0 Å². The predicted molar refractivity (Wildman–Crippen MR) is 79.6 cm³/mol. The highest BCUT2D eigenvalue weighted by atomic mass is 16.6. The molecule has 0 unspecified atom stereocenters. The molecule has 0 aliphatic rings. The standard InChI is InChI=1S/C14H14N4O3/c1-9-3-6-13(16-8-9)17-14(19)11-7-10(15-2)4-5-12(11)18(20)21/h3-8,15H,1-2H3,(H,16,17,19). The van der Waals surface area contributed by atoms with Crippen LogP contribution in [0.4, 0.5) is 17.2 Å². The second-order valence-electron chi connectivity index (χ2n) is 4.41. The van der Waals surface area contributed by atoms with Gasteiger partial charge in [0.1, 0.15) is 11.4 Å². The summed E-state index contributed by atoms with van der Waals surface area (Å²) in [5, 5.41) is 16.4. The number of aryl methyl sites for hydroxylation is 1. The molecule has 0 aliphatic heterocycles. The van der Waals surface area contributed by atoms with E-state index in [-0.39, 0.29) is 11.3 Å². The van der Waals surface area contributed by atoms with Crippen LogP contribution < -0.4 is 10.6 Å². The Kier molecular flexibility index (Phi) is 4.13. The maximum Gasteiger partial charge on any atom is 0.282 e. The lowest BCUT2D eigenvalue weighted by atomic mass is 10.1. The van der Waals surface area contributed by atoms with E-state index in [9.17, 15) is 14.9 Å². The Balaban J connectivity index is 2.33. The van der Waals surface area contributed by atoms with Crippen molar-refractivity contribution >= 4 is 23.1 Å². The highest BCUT2D eigenvalue weighted by molar-refractivity contribution is 6.07. The summed E-state index contributed by atoms with van der Waals surface area (Å²) >= 11 is 0. The van der Waals surface area contributed by atoms with Crippen LogP contribution in [0.1, 0.15) is 15.9 Å². The number of nitrogens with zero attached hydrogens (tertiary/aromatic N) is 2. The molecule has 1 aromatic carbocycles. The van der Waals surface area contributed by atoms with Crippen LogP contribution in [0.25, 0.3) is 0 Å². The third-order valence-corrected chi connectivity index (χ3v) is 2.88. The summed E-state index contributed by atoms with van der Waals surface area (Å²) in [7, 11) is 1.67. The molecule has 0 spiro atoms. The molecule has 0 fully saturated rings. The molecular formula is C14H14N4O3. The molecule has 0 aliphatic carbocycles. The first kappa shape index (κ1) is 14.4. The van der Waals surface area contributed by atoms with Gasteiger partial charge in [0.2, 0.25) is 0 Å². The number of nitro groups is 1. The van der Waals surface area contributed by atoms with E-state index in [2.05, 4.69) is 15.6 Å². The maximum atomic E-state index is 12.2. The van der Waals surface area contributed by atoms with Gasteiger partial charge in [0, 0.05) is 25.0 Å². The van der Waals surface area contributed by atoms with E-state index in [0.717, 1.165) is 5.56 Å². The number of carbonyl (C=O) groups is 1. The molecule has 0 atom stereocenters. The maximum absolute atomic E-state index is 12.2. The largest absolute Gasteiger partial charge is 0.388 e. The first-order chi connectivity index (χ1) is 10.0. The molecule has 7 nitrogen and oxygen atoms in total. The average molecular weight is 286 g/mol.